The van der Waals surface area contributed by atoms with Crippen molar-refractivity contribution >= 4 is 40.3 Å². The standard InChI is InChI=1S/C12H8Cl2OS/c13-10-2-1-8(5-11(10)14)6-12(15)9-3-4-16-7-9/h1-5,7H,6H2. The Morgan fingerprint density at radius 2 is 2.00 bits per heavy atom. The van der Waals surface area contributed by atoms with Gasteiger partial charge < -0.3 is 0 Å². The topological polar surface area (TPSA) is 17.1 Å². The van der Waals surface area contributed by atoms with E-state index in [0.29, 0.717) is 16.5 Å². The molecule has 82 valence electrons. The lowest BCUT2D eigenvalue weighted by Gasteiger charge is -2.01. The summed E-state index contributed by atoms with van der Waals surface area (Å²) in [6.07, 6.45) is 0.355. The second-order valence-corrected chi connectivity index (χ2v) is 4.95. The number of hydrogen-bond acceptors (Lipinski definition) is 2. The largest absolute Gasteiger partial charge is 0.294 e. The lowest BCUT2D eigenvalue weighted by molar-refractivity contribution is 0.0993. The van der Waals surface area contributed by atoms with E-state index >= 15 is 0 Å². The molecule has 0 spiro atoms. The number of rotatable bonds is 3. The molecule has 1 aromatic carbocycles. The Kier molecular flexibility index (Phi) is 3.64. The summed E-state index contributed by atoms with van der Waals surface area (Å²) in [5.74, 6) is 0.0969. The predicted octanol–water partition coefficient (Wildman–Crippen LogP) is 4.48. The number of carbonyl (C=O) groups excluding carboxylic acids is 1. The maximum absolute atomic E-state index is 11.8. The molecule has 0 atom stereocenters. The summed E-state index contributed by atoms with van der Waals surface area (Å²) in [5.41, 5.74) is 1.63. The minimum atomic E-state index is 0.0969. The van der Waals surface area contributed by atoms with Gasteiger partial charge in [0.1, 0.15) is 0 Å². The first kappa shape index (κ1) is 11.6. The molecule has 1 aromatic heterocycles. The average Bonchev–Trinajstić information content (AvgIpc) is 2.77. The van der Waals surface area contributed by atoms with Crippen LogP contribution in [0.4, 0.5) is 0 Å². The Balaban J connectivity index is 2.15. The molecule has 2 aromatic rings. The highest BCUT2D eigenvalue weighted by atomic mass is 35.5. The quantitative estimate of drug-likeness (QED) is 0.752. The van der Waals surface area contributed by atoms with Gasteiger partial charge in [0.25, 0.3) is 0 Å². The fourth-order valence-electron chi connectivity index (χ4n) is 1.36. The molecule has 1 nitrogen and oxygen atoms in total. The van der Waals surface area contributed by atoms with Crippen molar-refractivity contribution in [2.75, 3.05) is 0 Å². The first-order chi connectivity index (χ1) is 7.66. The van der Waals surface area contributed by atoms with E-state index in [-0.39, 0.29) is 5.78 Å². The Hall–Kier alpha value is -0.830. The number of Topliss-reactive ketones (excluding diaryl/α,β-unsaturated/α-hetero) is 1. The molecule has 0 amide bonds. The number of hydrogen-bond donors (Lipinski definition) is 0. The van der Waals surface area contributed by atoms with Crippen molar-refractivity contribution in [3.8, 4) is 0 Å². The highest BCUT2D eigenvalue weighted by molar-refractivity contribution is 7.08. The van der Waals surface area contributed by atoms with Crippen LogP contribution in [0, 0.1) is 0 Å². The monoisotopic (exact) mass is 270 g/mol. The molecule has 0 radical (unpaired) electrons. The molecule has 0 aliphatic carbocycles. The van der Waals surface area contributed by atoms with E-state index in [1.807, 2.05) is 22.9 Å². The first-order valence-electron chi connectivity index (χ1n) is 4.66. The van der Waals surface area contributed by atoms with Gasteiger partial charge in [-0.05, 0) is 29.1 Å². The molecule has 0 saturated carbocycles. The second kappa shape index (κ2) is 5.00. The van der Waals surface area contributed by atoms with E-state index in [0.717, 1.165) is 11.1 Å². The zero-order valence-electron chi connectivity index (χ0n) is 8.24. The zero-order valence-corrected chi connectivity index (χ0v) is 10.6. The lowest BCUT2D eigenvalue weighted by atomic mass is 10.1. The molecule has 2 rings (SSSR count). The summed E-state index contributed by atoms with van der Waals surface area (Å²) in [7, 11) is 0. The van der Waals surface area contributed by atoms with E-state index < -0.39 is 0 Å². The van der Waals surface area contributed by atoms with Gasteiger partial charge in [-0.3, -0.25) is 4.79 Å². The fourth-order valence-corrected chi connectivity index (χ4v) is 2.34. The molecule has 0 saturated heterocycles. The summed E-state index contributed by atoms with van der Waals surface area (Å²) in [6.45, 7) is 0. The highest BCUT2D eigenvalue weighted by Gasteiger charge is 2.08. The smallest absolute Gasteiger partial charge is 0.168 e. The number of benzene rings is 1. The molecule has 0 unspecified atom stereocenters. The SMILES string of the molecule is O=C(Cc1ccc(Cl)c(Cl)c1)c1ccsc1. The van der Waals surface area contributed by atoms with E-state index in [4.69, 9.17) is 23.2 Å². The van der Waals surface area contributed by atoms with E-state index in [1.165, 1.54) is 11.3 Å². The first-order valence-corrected chi connectivity index (χ1v) is 6.36. The summed E-state index contributed by atoms with van der Waals surface area (Å²) >= 11 is 13.2. The van der Waals surface area contributed by atoms with Crippen molar-refractivity contribution in [2.45, 2.75) is 6.42 Å². The predicted molar refractivity (Wildman–Crippen MR) is 68.8 cm³/mol. The van der Waals surface area contributed by atoms with Crippen molar-refractivity contribution in [1.29, 1.82) is 0 Å². The number of ketones is 1. The third kappa shape index (κ3) is 2.64. The summed E-state index contributed by atoms with van der Waals surface area (Å²) in [4.78, 5) is 11.8. The van der Waals surface area contributed by atoms with Crippen LogP contribution >= 0.6 is 34.5 Å². The zero-order chi connectivity index (χ0) is 11.5. The van der Waals surface area contributed by atoms with Crippen LogP contribution in [0.25, 0.3) is 0 Å². The maximum atomic E-state index is 11.8. The molecule has 0 fully saturated rings. The van der Waals surface area contributed by atoms with Crippen LogP contribution in [0.3, 0.4) is 0 Å². The van der Waals surface area contributed by atoms with Crippen molar-refractivity contribution < 1.29 is 4.79 Å². The van der Waals surface area contributed by atoms with Crippen LogP contribution in [-0.2, 0) is 6.42 Å². The molecular formula is C12H8Cl2OS. The van der Waals surface area contributed by atoms with E-state index in [9.17, 15) is 4.79 Å². The maximum Gasteiger partial charge on any atom is 0.168 e. The Labute approximate surface area is 108 Å². The van der Waals surface area contributed by atoms with Crippen molar-refractivity contribution in [2.24, 2.45) is 0 Å². The molecule has 1 heterocycles. The van der Waals surface area contributed by atoms with Gasteiger partial charge in [-0.25, -0.2) is 0 Å². The van der Waals surface area contributed by atoms with E-state index in [2.05, 4.69) is 0 Å². The normalized spacial score (nSPS) is 10.4. The Morgan fingerprint density at radius 1 is 1.19 bits per heavy atom. The molecule has 4 heteroatoms. The van der Waals surface area contributed by atoms with Gasteiger partial charge in [0.15, 0.2) is 5.78 Å². The van der Waals surface area contributed by atoms with Gasteiger partial charge in [0, 0.05) is 17.4 Å². The third-order valence-corrected chi connectivity index (χ3v) is 3.61. The average molecular weight is 271 g/mol. The Morgan fingerprint density at radius 3 is 2.62 bits per heavy atom. The van der Waals surface area contributed by atoms with Gasteiger partial charge in [-0.15, -0.1) is 0 Å². The molecule has 16 heavy (non-hydrogen) atoms. The minimum Gasteiger partial charge on any atom is -0.294 e. The van der Waals surface area contributed by atoms with E-state index in [1.54, 1.807) is 12.1 Å². The van der Waals surface area contributed by atoms with Gasteiger partial charge >= 0.3 is 0 Å². The molecule has 0 aliphatic rings. The fraction of sp³-hybridized carbons (Fsp3) is 0.0833. The minimum absolute atomic E-state index is 0.0969. The summed E-state index contributed by atoms with van der Waals surface area (Å²) in [5, 5.41) is 4.73. The van der Waals surface area contributed by atoms with Crippen molar-refractivity contribution in [1.82, 2.24) is 0 Å². The second-order valence-electron chi connectivity index (χ2n) is 3.36. The molecule has 0 N–H and O–H groups in total. The number of halogens is 2. The lowest BCUT2D eigenvalue weighted by Crippen LogP contribution is -2.01. The van der Waals surface area contributed by atoms with Crippen LogP contribution in [0.5, 0.6) is 0 Å². The van der Waals surface area contributed by atoms with Gasteiger partial charge in [0.05, 0.1) is 10.0 Å². The van der Waals surface area contributed by atoms with Crippen LogP contribution in [0.15, 0.2) is 35.0 Å². The summed E-state index contributed by atoms with van der Waals surface area (Å²) in [6, 6.07) is 7.08. The number of thiophene rings is 1. The van der Waals surface area contributed by atoms with Crippen molar-refractivity contribution in [3.05, 3.63) is 56.2 Å². The third-order valence-electron chi connectivity index (χ3n) is 2.19. The van der Waals surface area contributed by atoms with Crippen LogP contribution in [0.2, 0.25) is 10.0 Å². The van der Waals surface area contributed by atoms with Gasteiger partial charge in [-0.1, -0.05) is 29.3 Å². The van der Waals surface area contributed by atoms with Crippen LogP contribution in [0.1, 0.15) is 15.9 Å². The Bertz CT molecular complexity index is 506. The van der Waals surface area contributed by atoms with Crippen molar-refractivity contribution in [3.63, 3.8) is 0 Å². The molecule has 0 aliphatic heterocycles. The van der Waals surface area contributed by atoms with Gasteiger partial charge in [0.2, 0.25) is 0 Å². The van der Waals surface area contributed by atoms with Crippen LogP contribution in [-0.4, -0.2) is 5.78 Å². The van der Waals surface area contributed by atoms with Gasteiger partial charge in [-0.2, -0.15) is 11.3 Å². The molecular weight excluding hydrogens is 263 g/mol. The summed E-state index contributed by atoms with van der Waals surface area (Å²) < 4.78 is 0. The molecule has 0 bridgehead atoms. The highest BCUT2D eigenvalue weighted by Crippen LogP contribution is 2.23. The van der Waals surface area contributed by atoms with Crippen LogP contribution < -0.4 is 0 Å². The number of carbonyl (C=O) groups is 1.